The zero-order chi connectivity index (χ0) is 11.7. The SMILES string of the molecule is O=Cc1c(-c2ccn[nH]2)ccc2ccccc12. The summed E-state index contributed by atoms with van der Waals surface area (Å²) in [5.41, 5.74) is 2.45. The van der Waals surface area contributed by atoms with Crippen molar-refractivity contribution in [3.63, 3.8) is 0 Å². The lowest BCUT2D eigenvalue weighted by molar-refractivity contribution is 0.112. The van der Waals surface area contributed by atoms with Crippen molar-refractivity contribution < 1.29 is 4.79 Å². The van der Waals surface area contributed by atoms with Gasteiger partial charge in [0.05, 0.1) is 5.69 Å². The van der Waals surface area contributed by atoms with Crippen molar-refractivity contribution in [2.75, 3.05) is 0 Å². The Morgan fingerprint density at radius 3 is 2.71 bits per heavy atom. The number of nitrogens with one attached hydrogen (secondary N) is 1. The fourth-order valence-corrected chi connectivity index (χ4v) is 2.06. The molecule has 0 aliphatic rings. The van der Waals surface area contributed by atoms with E-state index >= 15 is 0 Å². The fraction of sp³-hybridized carbons (Fsp3) is 0. The van der Waals surface area contributed by atoms with Gasteiger partial charge in [-0.2, -0.15) is 5.10 Å². The predicted molar refractivity (Wildman–Crippen MR) is 66.9 cm³/mol. The molecule has 1 aromatic heterocycles. The molecule has 3 nitrogen and oxygen atoms in total. The van der Waals surface area contributed by atoms with Crippen LogP contribution in [0.15, 0.2) is 48.7 Å². The Balaban J connectivity index is 2.37. The number of aldehydes is 1. The topological polar surface area (TPSA) is 45.8 Å². The number of H-pyrrole nitrogens is 1. The Hall–Kier alpha value is -2.42. The van der Waals surface area contributed by atoms with Crippen LogP contribution in [0.4, 0.5) is 0 Å². The van der Waals surface area contributed by atoms with Gasteiger partial charge in [0.25, 0.3) is 0 Å². The molecule has 3 rings (SSSR count). The average molecular weight is 222 g/mol. The summed E-state index contributed by atoms with van der Waals surface area (Å²) < 4.78 is 0. The maximum Gasteiger partial charge on any atom is 0.151 e. The van der Waals surface area contributed by atoms with Gasteiger partial charge in [0.1, 0.15) is 0 Å². The number of hydrogen-bond donors (Lipinski definition) is 1. The molecule has 0 amide bonds. The van der Waals surface area contributed by atoms with Crippen molar-refractivity contribution in [1.82, 2.24) is 10.2 Å². The molecule has 0 fully saturated rings. The van der Waals surface area contributed by atoms with Gasteiger partial charge in [0.2, 0.25) is 0 Å². The van der Waals surface area contributed by atoms with E-state index in [1.807, 2.05) is 42.5 Å². The van der Waals surface area contributed by atoms with E-state index in [4.69, 9.17) is 0 Å². The first-order chi connectivity index (χ1) is 8.40. The van der Waals surface area contributed by atoms with Crippen molar-refractivity contribution in [3.05, 3.63) is 54.2 Å². The van der Waals surface area contributed by atoms with Crippen LogP contribution in [-0.4, -0.2) is 16.5 Å². The molecule has 0 atom stereocenters. The van der Waals surface area contributed by atoms with Gasteiger partial charge in [-0.3, -0.25) is 9.89 Å². The summed E-state index contributed by atoms with van der Waals surface area (Å²) in [4.78, 5) is 11.3. The lowest BCUT2D eigenvalue weighted by Gasteiger charge is -2.06. The van der Waals surface area contributed by atoms with Crippen molar-refractivity contribution in [1.29, 1.82) is 0 Å². The number of aromatic nitrogens is 2. The minimum absolute atomic E-state index is 0.701. The molecule has 0 saturated heterocycles. The summed E-state index contributed by atoms with van der Waals surface area (Å²) in [5.74, 6) is 0. The molecule has 0 aliphatic heterocycles. The Bertz CT molecular complexity index is 672. The summed E-state index contributed by atoms with van der Waals surface area (Å²) in [6, 6.07) is 13.7. The van der Waals surface area contributed by atoms with Gasteiger partial charge >= 0.3 is 0 Å². The first-order valence-electron chi connectivity index (χ1n) is 5.37. The van der Waals surface area contributed by atoms with Crippen LogP contribution in [0, 0.1) is 0 Å². The number of rotatable bonds is 2. The number of carbonyl (C=O) groups excluding carboxylic acids is 1. The summed E-state index contributed by atoms with van der Waals surface area (Å²) in [7, 11) is 0. The molecule has 0 unspecified atom stereocenters. The van der Waals surface area contributed by atoms with Crippen molar-refractivity contribution in [2.45, 2.75) is 0 Å². The molecule has 82 valence electrons. The summed E-state index contributed by atoms with van der Waals surface area (Å²) in [5, 5.41) is 8.83. The number of aromatic amines is 1. The molecule has 0 bridgehead atoms. The number of fused-ring (bicyclic) bond motifs is 1. The third kappa shape index (κ3) is 1.52. The molecule has 17 heavy (non-hydrogen) atoms. The van der Waals surface area contributed by atoms with Crippen LogP contribution < -0.4 is 0 Å². The standard InChI is InChI=1S/C14H10N2O/c17-9-13-11-4-2-1-3-10(11)5-6-12(13)14-7-8-15-16-14/h1-9H,(H,15,16). The van der Waals surface area contributed by atoms with Crippen LogP contribution in [0.5, 0.6) is 0 Å². The molecule has 3 aromatic rings. The highest BCUT2D eigenvalue weighted by atomic mass is 16.1. The number of benzene rings is 2. The molecule has 0 saturated carbocycles. The molecule has 2 aromatic carbocycles. The second kappa shape index (κ2) is 3.87. The monoisotopic (exact) mass is 222 g/mol. The Labute approximate surface area is 98.1 Å². The predicted octanol–water partition coefficient (Wildman–Crippen LogP) is 3.04. The first-order valence-corrected chi connectivity index (χ1v) is 5.37. The van der Waals surface area contributed by atoms with Gasteiger partial charge in [-0.25, -0.2) is 0 Å². The number of nitrogens with zero attached hydrogens (tertiary/aromatic N) is 1. The van der Waals surface area contributed by atoms with Gasteiger partial charge in [-0.05, 0) is 16.8 Å². The van der Waals surface area contributed by atoms with E-state index in [1.54, 1.807) is 6.20 Å². The van der Waals surface area contributed by atoms with E-state index in [1.165, 1.54) is 0 Å². The van der Waals surface area contributed by atoms with Crippen molar-refractivity contribution in [2.24, 2.45) is 0 Å². The van der Waals surface area contributed by atoms with Gasteiger partial charge in [-0.15, -0.1) is 0 Å². The largest absolute Gasteiger partial charge is 0.298 e. The Kier molecular flexibility index (Phi) is 2.22. The lowest BCUT2D eigenvalue weighted by Crippen LogP contribution is -1.90. The summed E-state index contributed by atoms with van der Waals surface area (Å²) >= 11 is 0. The highest BCUT2D eigenvalue weighted by Crippen LogP contribution is 2.27. The number of hydrogen-bond acceptors (Lipinski definition) is 2. The van der Waals surface area contributed by atoms with E-state index in [-0.39, 0.29) is 0 Å². The summed E-state index contributed by atoms with van der Waals surface area (Å²) in [6.45, 7) is 0. The van der Waals surface area contributed by atoms with Crippen LogP contribution in [0.2, 0.25) is 0 Å². The quantitative estimate of drug-likeness (QED) is 0.677. The van der Waals surface area contributed by atoms with E-state index in [0.717, 1.165) is 28.3 Å². The van der Waals surface area contributed by atoms with Crippen LogP contribution in [0.3, 0.4) is 0 Å². The fourth-order valence-electron chi connectivity index (χ4n) is 2.06. The summed E-state index contributed by atoms with van der Waals surface area (Å²) in [6.07, 6.45) is 2.58. The molecule has 0 radical (unpaired) electrons. The van der Waals surface area contributed by atoms with Gasteiger partial charge < -0.3 is 0 Å². The smallest absolute Gasteiger partial charge is 0.151 e. The van der Waals surface area contributed by atoms with Gasteiger partial charge in [0.15, 0.2) is 6.29 Å². The Morgan fingerprint density at radius 2 is 1.94 bits per heavy atom. The third-order valence-electron chi connectivity index (χ3n) is 2.88. The van der Waals surface area contributed by atoms with Crippen molar-refractivity contribution >= 4 is 17.1 Å². The molecule has 3 heteroatoms. The highest BCUT2D eigenvalue weighted by Gasteiger charge is 2.09. The molecular formula is C14H10N2O. The second-order valence-corrected chi connectivity index (χ2v) is 3.84. The Morgan fingerprint density at radius 1 is 1.06 bits per heavy atom. The molecule has 1 heterocycles. The highest BCUT2D eigenvalue weighted by molar-refractivity contribution is 6.04. The first kappa shape index (κ1) is 9.78. The third-order valence-corrected chi connectivity index (χ3v) is 2.88. The second-order valence-electron chi connectivity index (χ2n) is 3.84. The molecule has 0 spiro atoms. The maximum absolute atomic E-state index is 11.3. The molecule has 0 aliphatic carbocycles. The minimum atomic E-state index is 0.701. The average Bonchev–Trinajstić information content (AvgIpc) is 2.91. The zero-order valence-corrected chi connectivity index (χ0v) is 9.05. The van der Waals surface area contributed by atoms with Crippen LogP contribution in [0.25, 0.3) is 22.0 Å². The molecule has 1 N–H and O–H groups in total. The van der Waals surface area contributed by atoms with Crippen LogP contribution in [-0.2, 0) is 0 Å². The van der Waals surface area contributed by atoms with Crippen LogP contribution >= 0.6 is 0 Å². The van der Waals surface area contributed by atoms with E-state index < -0.39 is 0 Å². The van der Waals surface area contributed by atoms with E-state index in [2.05, 4.69) is 10.2 Å². The van der Waals surface area contributed by atoms with Crippen molar-refractivity contribution in [3.8, 4) is 11.3 Å². The van der Waals surface area contributed by atoms with Gasteiger partial charge in [0, 0.05) is 17.3 Å². The zero-order valence-electron chi connectivity index (χ0n) is 9.05. The lowest BCUT2D eigenvalue weighted by atomic mass is 9.98. The van der Waals surface area contributed by atoms with Crippen LogP contribution in [0.1, 0.15) is 10.4 Å². The molecular weight excluding hydrogens is 212 g/mol. The van der Waals surface area contributed by atoms with Gasteiger partial charge in [-0.1, -0.05) is 36.4 Å². The normalized spacial score (nSPS) is 10.6. The minimum Gasteiger partial charge on any atom is -0.298 e. The number of carbonyl (C=O) groups is 1. The van der Waals surface area contributed by atoms with E-state index in [9.17, 15) is 4.79 Å². The van der Waals surface area contributed by atoms with E-state index in [0.29, 0.717) is 5.56 Å². The maximum atomic E-state index is 11.3.